The Kier molecular flexibility index (Phi) is 5.36. The molecule has 0 unspecified atom stereocenters. The molecule has 1 saturated heterocycles. The number of rotatable bonds is 4. The van der Waals surface area contributed by atoms with Crippen molar-refractivity contribution in [1.82, 2.24) is 10.2 Å². The summed E-state index contributed by atoms with van der Waals surface area (Å²) >= 11 is 0. The average molecular weight is 391 g/mol. The highest BCUT2D eigenvalue weighted by atomic mass is 16.5. The van der Waals surface area contributed by atoms with Crippen molar-refractivity contribution < 1.29 is 14.3 Å². The predicted octanol–water partition coefficient (Wildman–Crippen LogP) is 2.98. The third-order valence-corrected chi connectivity index (χ3v) is 5.56. The molecule has 4 rings (SSSR count). The molecule has 6 heteroatoms. The first-order chi connectivity index (χ1) is 14.1. The largest absolute Gasteiger partial charge is 0.465 e. The van der Waals surface area contributed by atoms with E-state index >= 15 is 0 Å². The Labute approximate surface area is 170 Å². The van der Waals surface area contributed by atoms with Gasteiger partial charge in [0.05, 0.1) is 29.6 Å². The van der Waals surface area contributed by atoms with Crippen LogP contribution in [0.3, 0.4) is 0 Å². The van der Waals surface area contributed by atoms with Gasteiger partial charge in [0.2, 0.25) is 0 Å². The van der Waals surface area contributed by atoms with Crippen LogP contribution in [0, 0.1) is 0 Å². The van der Waals surface area contributed by atoms with Crippen molar-refractivity contribution in [2.45, 2.75) is 18.9 Å². The summed E-state index contributed by atoms with van der Waals surface area (Å²) in [4.78, 5) is 27.1. The first kappa shape index (κ1) is 19.2. The summed E-state index contributed by atoms with van der Waals surface area (Å²) in [7, 11) is 3.48. The van der Waals surface area contributed by atoms with Gasteiger partial charge in [-0.3, -0.25) is 4.79 Å². The molecular weight excluding hydrogens is 366 g/mol. The molecule has 0 saturated carbocycles. The number of hydrogen-bond acceptors (Lipinski definition) is 5. The standard InChI is InChI=1S/C23H25N3O3/c1-26-12-10-17(11-13-26)24-21(15-6-4-3-5-7-15)20-18-9-8-16(23(28)29-2)14-19(18)25-22(20)27/h3-9,14,17,24H,10-13H2,1-2H3,(H,25,27)/b21-20-. The van der Waals surface area contributed by atoms with Crippen molar-refractivity contribution in [3.8, 4) is 0 Å². The van der Waals surface area contributed by atoms with Gasteiger partial charge in [-0.15, -0.1) is 0 Å². The first-order valence-electron chi connectivity index (χ1n) is 9.85. The number of amides is 1. The molecular formula is C23H25N3O3. The molecule has 0 aromatic heterocycles. The normalized spacial score (nSPS) is 18.8. The zero-order chi connectivity index (χ0) is 20.4. The van der Waals surface area contributed by atoms with Crippen LogP contribution in [0.1, 0.15) is 34.3 Å². The van der Waals surface area contributed by atoms with E-state index in [4.69, 9.17) is 4.74 Å². The number of anilines is 1. The molecule has 2 aromatic rings. The minimum Gasteiger partial charge on any atom is -0.465 e. The molecule has 2 heterocycles. The number of ether oxygens (including phenoxy) is 1. The number of methoxy groups -OCH3 is 1. The SMILES string of the molecule is COC(=O)c1ccc2c(c1)NC(=O)/C2=C(\NC1CCN(C)CC1)c1ccccc1. The second-order valence-electron chi connectivity index (χ2n) is 7.54. The van der Waals surface area contributed by atoms with E-state index in [0.717, 1.165) is 42.8 Å². The van der Waals surface area contributed by atoms with Gasteiger partial charge in [-0.05, 0) is 50.7 Å². The second kappa shape index (κ2) is 8.09. The first-order valence-corrected chi connectivity index (χ1v) is 9.85. The van der Waals surface area contributed by atoms with E-state index in [-0.39, 0.29) is 5.91 Å². The quantitative estimate of drug-likeness (QED) is 0.619. The van der Waals surface area contributed by atoms with E-state index < -0.39 is 5.97 Å². The van der Waals surface area contributed by atoms with Crippen LogP contribution in [0.2, 0.25) is 0 Å². The van der Waals surface area contributed by atoms with Crippen molar-refractivity contribution in [1.29, 1.82) is 0 Å². The Balaban J connectivity index is 1.77. The number of nitrogens with one attached hydrogen (secondary N) is 2. The Morgan fingerprint density at radius 1 is 1.10 bits per heavy atom. The lowest BCUT2D eigenvalue weighted by Gasteiger charge is -2.31. The molecule has 1 fully saturated rings. The fourth-order valence-corrected chi connectivity index (χ4v) is 3.93. The van der Waals surface area contributed by atoms with E-state index in [1.807, 2.05) is 36.4 Å². The molecule has 0 aliphatic carbocycles. The maximum atomic E-state index is 13.0. The number of likely N-dealkylation sites (tertiary alicyclic amines) is 1. The number of fused-ring (bicyclic) bond motifs is 1. The van der Waals surface area contributed by atoms with Crippen LogP contribution in [-0.4, -0.2) is 50.1 Å². The van der Waals surface area contributed by atoms with Crippen molar-refractivity contribution in [3.63, 3.8) is 0 Å². The molecule has 29 heavy (non-hydrogen) atoms. The molecule has 2 aromatic carbocycles. The van der Waals surface area contributed by atoms with Gasteiger partial charge >= 0.3 is 5.97 Å². The van der Waals surface area contributed by atoms with Gasteiger partial charge < -0.3 is 20.3 Å². The fourth-order valence-electron chi connectivity index (χ4n) is 3.93. The van der Waals surface area contributed by atoms with Crippen LogP contribution in [0.25, 0.3) is 11.3 Å². The Morgan fingerprint density at radius 2 is 1.83 bits per heavy atom. The third-order valence-electron chi connectivity index (χ3n) is 5.56. The van der Waals surface area contributed by atoms with E-state index in [0.29, 0.717) is 22.9 Å². The van der Waals surface area contributed by atoms with E-state index in [9.17, 15) is 9.59 Å². The highest BCUT2D eigenvalue weighted by Gasteiger charge is 2.30. The molecule has 2 aliphatic rings. The van der Waals surface area contributed by atoms with Crippen molar-refractivity contribution in [3.05, 3.63) is 65.2 Å². The molecule has 2 aliphatic heterocycles. The maximum Gasteiger partial charge on any atom is 0.337 e. The predicted molar refractivity (Wildman–Crippen MR) is 113 cm³/mol. The summed E-state index contributed by atoms with van der Waals surface area (Å²) in [5.74, 6) is -0.589. The maximum absolute atomic E-state index is 13.0. The van der Waals surface area contributed by atoms with Crippen LogP contribution in [0.5, 0.6) is 0 Å². The zero-order valence-corrected chi connectivity index (χ0v) is 16.7. The zero-order valence-electron chi connectivity index (χ0n) is 16.7. The van der Waals surface area contributed by atoms with Crippen LogP contribution in [0.4, 0.5) is 5.69 Å². The van der Waals surface area contributed by atoms with Gasteiger partial charge in [-0.25, -0.2) is 4.79 Å². The lowest BCUT2D eigenvalue weighted by molar-refractivity contribution is -0.110. The monoisotopic (exact) mass is 391 g/mol. The third kappa shape index (κ3) is 3.89. The summed E-state index contributed by atoms with van der Waals surface area (Å²) in [6, 6.07) is 15.4. The summed E-state index contributed by atoms with van der Waals surface area (Å²) in [5, 5.41) is 6.56. The van der Waals surface area contributed by atoms with E-state index in [1.165, 1.54) is 7.11 Å². The molecule has 1 amide bonds. The van der Waals surface area contributed by atoms with Gasteiger partial charge in [0.25, 0.3) is 5.91 Å². The number of carbonyl (C=O) groups excluding carboxylic acids is 2. The minimum atomic E-state index is -0.424. The molecule has 0 atom stereocenters. The summed E-state index contributed by atoms with van der Waals surface area (Å²) < 4.78 is 4.80. The summed E-state index contributed by atoms with van der Waals surface area (Å²) in [6.07, 6.45) is 2.05. The van der Waals surface area contributed by atoms with Gasteiger partial charge in [0.15, 0.2) is 0 Å². The lowest BCUT2D eigenvalue weighted by Crippen LogP contribution is -2.40. The Morgan fingerprint density at radius 3 is 2.52 bits per heavy atom. The topological polar surface area (TPSA) is 70.7 Å². The van der Waals surface area contributed by atoms with Gasteiger partial charge in [-0.2, -0.15) is 0 Å². The van der Waals surface area contributed by atoms with Crippen molar-refractivity contribution in [2.24, 2.45) is 0 Å². The van der Waals surface area contributed by atoms with Gasteiger partial charge in [0, 0.05) is 11.6 Å². The van der Waals surface area contributed by atoms with Crippen molar-refractivity contribution >= 4 is 28.8 Å². The summed E-state index contributed by atoms with van der Waals surface area (Å²) in [5.41, 5.74) is 4.26. The van der Waals surface area contributed by atoms with Gasteiger partial charge in [-0.1, -0.05) is 36.4 Å². The lowest BCUT2D eigenvalue weighted by atomic mass is 9.97. The number of carbonyl (C=O) groups is 2. The van der Waals surface area contributed by atoms with Crippen LogP contribution in [-0.2, 0) is 9.53 Å². The van der Waals surface area contributed by atoms with Crippen LogP contribution in [0.15, 0.2) is 48.5 Å². The fraction of sp³-hybridized carbons (Fsp3) is 0.304. The Hall–Kier alpha value is -3.12. The number of nitrogens with zero attached hydrogens (tertiary/aromatic N) is 1. The van der Waals surface area contributed by atoms with Gasteiger partial charge in [0.1, 0.15) is 0 Å². The number of hydrogen-bond donors (Lipinski definition) is 2. The number of piperidine rings is 1. The highest BCUT2D eigenvalue weighted by Crippen LogP contribution is 2.37. The number of esters is 1. The molecule has 0 spiro atoms. The van der Waals surface area contributed by atoms with E-state index in [1.54, 1.807) is 12.1 Å². The minimum absolute atomic E-state index is 0.165. The molecule has 6 nitrogen and oxygen atoms in total. The smallest absolute Gasteiger partial charge is 0.337 e. The average Bonchev–Trinajstić information content (AvgIpc) is 3.08. The molecule has 0 bridgehead atoms. The van der Waals surface area contributed by atoms with Crippen LogP contribution < -0.4 is 10.6 Å². The number of benzene rings is 2. The highest BCUT2D eigenvalue weighted by molar-refractivity contribution is 6.36. The van der Waals surface area contributed by atoms with E-state index in [2.05, 4.69) is 22.6 Å². The van der Waals surface area contributed by atoms with Crippen LogP contribution >= 0.6 is 0 Å². The van der Waals surface area contributed by atoms with Crippen molar-refractivity contribution in [2.75, 3.05) is 32.6 Å². The molecule has 150 valence electrons. The molecule has 2 N–H and O–H groups in total. The molecule has 0 radical (unpaired) electrons. The Bertz CT molecular complexity index is 961. The summed E-state index contributed by atoms with van der Waals surface area (Å²) in [6.45, 7) is 2.06. The second-order valence-corrected chi connectivity index (χ2v) is 7.54.